The minimum Gasteiger partial charge on any atom is -0.313 e. The summed E-state index contributed by atoms with van der Waals surface area (Å²) in [7, 11) is 1.89. The number of likely N-dealkylation sites (N-methyl/N-ethyl adjacent to an activating group) is 1. The van der Waals surface area contributed by atoms with Crippen LogP contribution in [0.1, 0.15) is 24.1 Å². The molecule has 0 radical (unpaired) electrons. The minimum atomic E-state index is -0.322. The fourth-order valence-corrected chi connectivity index (χ4v) is 3.13. The molecule has 0 fully saturated rings. The lowest BCUT2D eigenvalue weighted by molar-refractivity contribution is 0.554. The fraction of sp³-hybridized carbons (Fsp3) is 0.294. The van der Waals surface area contributed by atoms with E-state index in [0.717, 1.165) is 11.3 Å². The van der Waals surface area contributed by atoms with E-state index in [1.807, 2.05) is 18.8 Å². The van der Waals surface area contributed by atoms with Crippen molar-refractivity contribution in [1.82, 2.24) is 5.32 Å². The van der Waals surface area contributed by atoms with E-state index >= 15 is 0 Å². The van der Waals surface area contributed by atoms with E-state index in [1.165, 1.54) is 4.90 Å². The van der Waals surface area contributed by atoms with Crippen molar-refractivity contribution in [3.8, 4) is 0 Å². The number of halogens is 2. The first-order valence-electron chi connectivity index (χ1n) is 6.98. The zero-order chi connectivity index (χ0) is 15.2. The molecular weight excluding hydrogens is 305 g/mol. The van der Waals surface area contributed by atoms with Crippen LogP contribution in [0.2, 0.25) is 5.02 Å². The molecule has 4 heteroatoms. The van der Waals surface area contributed by atoms with Crippen molar-refractivity contribution >= 4 is 23.4 Å². The molecule has 1 unspecified atom stereocenters. The second kappa shape index (κ2) is 7.83. The Morgan fingerprint density at radius 3 is 2.52 bits per heavy atom. The zero-order valence-corrected chi connectivity index (χ0v) is 13.8. The summed E-state index contributed by atoms with van der Waals surface area (Å²) in [4.78, 5) is 1.25. The second-order valence-electron chi connectivity index (χ2n) is 4.76. The van der Waals surface area contributed by atoms with Gasteiger partial charge in [-0.25, -0.2) is 4.39 Å². The zero-order valence-electron chi connectivity index (χ0n) is 12.2. The Morgan fingerprint density at radius 1 is 1.19 bits per heavy atom. The van der Waals surface area contributed by atoms with E-state index in [1.54, 1.807) is 18.2 Å². The first-order chi connectivity index (χ1) is 10.2. The van der Waals surface area contributed by atoms with Gasteiger partial charge in [0.15, 0.2) is 0 Å². The van der Waals surface area contributed by atoms with Gasteiger partial charge in [0, 0.05) is 10.9 Å². The van der Waals surface area contributed by atoms with Gasteiger partial charge in [0.1, 0.15) is 5.82 Å². The molecule has 2 aromatic carbocycles. The molecule has 2 rings (SSSR count). The van der Waals surface area contributed by atoms with Crippen LogP contribution in [0.25, 0.3) is 0 Å². The van der Waals surface area contributed by atoms with Gasteiger partial charge in [-0.05, 0) is 48.5 Å². The smallest absolute Gasteiger partial charge is 0.145 e. The quantitative estimate of drug-likeness (QED) is 0.743. The van der Waals surface area contributed by atoms with E-state index in [4.69, 9.17) is 11.6 Å². The van der Waals surface area contributed by atoms with Gasteiger partial charge in [-0.3, -0.25) is 0 Å². The fourth-order valence-electron chi connectivity index (χ4n) is 2.28. The Bertz CT molecular complexity index is 586. The molecular formula is C17H19ClFNS. The molecule has 0 spiro atoms. The molecule has 0 heterocycles. The molecule has 0 aliphatic carbocycles. The topological polar surface area (TPSA) is 12.0 Å². The summed E-state index contributed by atoms with van der Waals surface area (Å²) in [6, 6.07) is 13.6. The van der Waals surface area contributed by atoms with Crippen molar-refractivity contribution in [3.05, 3.63) is 64.4 Å². The lowest BCUT2D eigenvalue weighted by Gasteiger charge is -2.18. The van der Waals surface area contributed by atoms with Crippen LogP contribution in [0.15, 0.2) is 47.4 Å². The largest absolute Gasteiger partial charge is 0.313 e. The van der Waals surface area contributed by atoms with Crippen LogP contribution in [-0.2, 0) is 6.42 Å². The van der Waals surface area contributed by atoms with Crippen LogP contribution >= 0.6 is 23.4 Å². The molecule has 0 aliphatic heterocycles. The lowest BCUT2D eigenvalue weighted by Crippen LogP contribution is -2.19. The molecule has 0 saturated heterocycles. The van der Waals surface area contributed by atoms with Crippen LogP contribution < -0.4 is 5.32 Å². The number of nitrogens with one attached hydrogen (secondary N) is 1. The number of hydrogen-bond donors (Lipinski definition) is 1. The maximum atomic E-state index is 14.0. The van der Waals surface area contributed by atoms with E-state index in [2.05, 4.69) is 36.5 Å². The van der Waals surface area contributed by atoms with Crippen molar-refractivity contribution in [2.75, 3.05) is 12.8 Å². The molecule has 112 valence electrons. The van der Waals surface area contributed by atoms with Gasteiger partial charge in [0.2, 0.25) is 0 Å². The summed E-state index contributed by atoms with van der Waals surface area (Å²) in [5.74, 6) is 0.736. The Balaban J connectivity index is 2.17. The van der Waals surface area contributed by atoms with E-state index in [0.29, 0.717) is 12.0 Å². The highest BCUT2D eigenvalue weighted by molar-refractivity contribution is 7.99. The highest BCUT2D eigenvalue weighted by Gasteiger charge is 2.14. The van der Waals surface area contributed by atoms with Crippen molar-refractivity contribution in [3.63, 3.8) is 0 Å². The summed E-state index contributed by atoms with van der Waals surface area (Å²) in [6.07, 6.45) is 0.573. The van der Waals surface area contributed by atoms with E-state index in [9.17, 15) is 4.39 Å². The number of rotatable bonds is 6. The Kier molecular flexibility index (Phi) is 6.09. The Labute approximate surface area is 134 Å². The summed E-state index contributed by atoms with van der Waals surface area (Å²) < 4.78 is 14.0. The van der Waals surface area contributed by atoms with Gasteiger partial charge in [0.05, 0.1) is 5.02 Å². The molecule has 1 N–H and O–H groups in total. The molecule has 0 saturated carbocycles. The molecule has 21 heavy (non-hydrogen) atoms. The molecule has 0 aromatic heterocycles. The van der Waals surface area contributed by atoms with Gasteiger partial charge >= 0.3 is 0 Å². The third-order valence-corrected chi connectivity index (χ3v) is 4.58. The van der Waals surface area contributed by atoms with Crippen molar-refractivity contribution < 1.29 is 4.39 Å². The maximum absolute atomic E-state index is 14.0. The highest BCUT2D eigenvalue weighted by Crippen LogP contribution is 2.25. The third-order valence-electron chi connectivity index (χ3n) is 3.40. The standard InChI is InChI=1S/C17H19ClFNS/c1-3-21-14-9-7-12(8-10-14)16(20-2)11-13-5-4-6-15(18)17(13)19/h4-10,16,20H,3,11H2,1-2H3. The molecule has 0 bridgehead atoms. The van der Waals surface area contributed by atoms with Gasteiger partial charge in [0.25, 0.3) is 0 Å². The first-order valence-corrected chi connectivity index (χ1v) is 8.35. The highest BCUT2D eigenvalue weighted by atomic mass is 35.5. The summed E-state index contributed by atoms with van der Waals surface area (Å²) >= 11 is 7.66. The van der Waals surface area contributed by atoms with Gasteiger partial charge < -0.3 is 5.32 Å². The van der Waals surface area contributed by atoms with Crippen LogP contribution in [0.5, 0.6) is 0 Å². The van der Waals surface area contributed by atoms with E-state index < -0.39 is 0 Å². The van der Waals surface area contributed by atoms with Crippen molar-refractivity contribution in [2.24, 2.45) is 0 Å². The Morgan fingerprint density at radius 2 is 1.90 bits per heavy atom. The van der Waals surface area contributed by atoms with E-state index in [-0.39, 0.29) is 16.9 Å². The summed E-state index contributed by atoms with van der Waals surface area (Å²) in [5, 5.41) is 3.43. The second-order valence-corrected chi connectivity index (χ2v) is 6.51. The van der Waals surface area contributed by atoms with Crippen molar-refractivity contribution in [2.45, 2.75) is 24.3 Å². The average molecular weight is 324 g/mol. The summed E-state index contributed by atoms with van der Waals surface area (Å²) in [6.45, 7) is 2.14. The molecule has 0 aliphatic rings. The monoisotopic (exact) mass is 323 g/mol. The predicted octanol–water partition coefficient (Wildman–Crippen LogP) is 5.09. The van der Waals surface area contributed by atoms with Gasteiger partial charge in [-0.15, -0.1) is 11.8 Å². The third kappa shape index (κ3) is 4.22. The molecule has 1 atom stereocenters. The van der Waals surface area contributed by atoms with Gasteiger partial charge in [-0.1, -0.05) is 42.8 Å². The number of thioether (sulfide) groups is 1. The Hall–Kier alpha value is -1.03. The SMILES string of the molecule is CCSc1ccc(C(Cc2cccc(Cl)c2F)NC)cc1. The van der Waals surface area contributed by atoms with Crippen LogP contribution in [0.4, 0.5) is 4.39 Å². The molecule has 2 aromatic rings. The predicted molar refractivity (Wildman–Crippen MR) is 89.8 cm³/mol. The number of hydrogen-bond acceptors (Lipinski definition) is 2. The van der Waals surface area contributed by atoms with Crippen LogP contribution in [-0.4, -0.2) is 12.8 Å². The normalized spacial score (nSPS) is 12.4. The summed E-state index contributed by atoms with van der Waals surface area (Å²) in [5.41, 5.74) is 1.78. The molecule has 1 nitrogen and oxygen atoms in total. The maximum Gasteiger partial charge on any atom is 0.145 e. The first kappa shape index (κ1) is 16.3. The van der Waals surface area contributed by atoms with Crippen LogP contribution in [0.3, 0.4) is 0 Å². The average Bonchev–Trinajstić information content (AvgIpc) is 2.50. The number of benzene rings is 2. The van der Waals surface area contributed by atoms with Crippen LogP contribution in [0, 0.1) is 5.82 Å². The van der Waals surface area contributed by atoms with Crippen molar-refractivity contribution in [1.29, 1.82) is 0 Å². The lowest BCUT2D eigenvalue weighted by atomic mass is 9.99. The van der Waals surface area contributed by atoms with Gasteiger partial charge in [-0.2, -0.15) is 0 Å². The minimum absolute atomic E-state index is 0.0682. The molecule has 0 amide bonds.